The van der Waals surface area contributed by atoms with Crippen molar-refractivity contribution >= 4 is 0 Å². The van der Waals surface area contributed by atoms with Crippen LogP contribution in [0.4, 0.5) is 0 Å². The average molecular weight is 299 g/mol. The Bertz CT molecular complexity index is 761. The number of nitrogens with one attached hydrogen (secondary N) is 1. The Kier molecular flexibility index (Phi) is 3.78. The zero-order valence-electron chi connectivity index (χ0n) is 12.7. The zero-order chi connectivity index (χ0) is 15.5. The normalized spacial score (nSPS) is 10.7. The fraction of sp³-hybridized carbons (Fsp3) is 0.267. The number of rotatable bonds is 5. The monoisotopic (exact) mass is 299 g/mol. The summed E-state index contributed by atoms with van der Waals surface area (Å²) < 4.78 is 12.3. The topological polar surface area (TPSA) is 77.9 Å². The summed E-state index contributed by atoms with van der Waals surface area (Å²) in [4.78, 5) is 4.47. The van der Waals surface area contributed by atoms with Crippen molar-refractivity contribution in [3.8, 4) is 23.0 Å². The first kappa shape index (κ1) is 14.1. The van der Waals surface area contributed by atoms with E-state index in [4.69, 9.17) is 9.47 Å². The Morgan fingerprint density at radius 1 is 1.14 bits per heavy atom. The third-order valence-corrected chi connectivity index (χ3v) is 3.32. The molecule has 0 unspecified atom stereocenters. The number of benzene rings is 1. The van der Waals surface area contributed by atoms with E-state index in [2.05, 4.69) is 20.3 Å². The molecule has 1 aromatic carbocycles. The van der Waals surface area contributed by atoms with Gasteiger partial charge in [0.25, 0.3) is 0 Å². The molecule has 0 aliphatic rings. The van der Waals surface area contributed by atoms with Crippen LogP contribution in [0.1, 0.15) is 11.4 Å². The quantitative estimate of drug-likeness (QED) is 0.780. The lowest BCUT2D eigenvalue weighted by Gasteiger charge is -2.07. The average Bonchev–Trinajstić information content (AvgIpc) is 3.14. The number of hydrogen-bond acceptors (Lipinski definition) is 5. The van der Waals surface area contributed by atoms with Crippen molar-refractivity contribution in [2.45, 2.75) is 13.5 Å². The van der Waals surface area contributed by atoms with Crippen LogP contribution in [0.15, 0.2) is 30.5 Å². The Morgan fingerprint density at radius 3 is 2.59 bits per heavy atom. The molecule has 2 aromatic heterocycles. The predicted octanol–water partition coefficient (Wildman–Crippen LogP) is 2.04. The molecule has 2 heterocycles. The third kappa shape index (κ3) is 2.65. The molecule has 22 heavy (non-hydrogen) atoms. The second kappa shape index (κ2) is 5.88. The van der Waals surface area contributed by atoms with E-state index in [1.807, 2.05) is 35.9 Å². The summed E-state index contributed by atoms with van der Waals surface area (Å²) in [7, 11) is 3.25. The number of hydrogen-bond donors (Lipinski definition) is 1. The van der Waals surface area contributed by atoms with Gasteiger partial charge in [-0.15, -0.1) is 0 Å². The number of H-pyrrole nitrogens is 1. The van der Waals surface area contributed by atoms with Crippen LogP contribution in [0.3, 0.4) is 0 Å². The van der Waals surface area contributed by atoms with Crippen LogP contribution in [0, 0.1) is 6.92 Å². The lowest BCUT2D eigenvalue weighted by Crippen LogP contribution is -2.05. The molecule has 3 rings (SSSR count). The van der Waals surface area contributed by atoms with Gasteiger partial charge in [0.15, 0.2) is 11.6 Å². The minimum Gasteiger partial charge on any atom is -0.497 e. The summed E-state index contributed by atoms with van der Waals surface area (Å²) in [6, 6.07) is 7.86. The largest absolute Gasteiger partial charge is 0.497 e. The molecule has 1 N–H and O–H groups in total. The van der Waals surface area contributed by atoms with Gasteiger partial charge in [-0.1, -0.05) is 12.1 Å². The minimum atomic E-state index is 0.600. The first-order valence-corrected chi connectivity index (χ1v) is 6.83. The van der Waals surface area contributed by atoms with Crippen LogP contribution >= 0.6 is 0 Å². The van der Waals surface area contributed by atoms with Gasteiger partial charge in [-0.2, -0.15) is 10.2 Å². The molecule has 0 saturated heterocycles. The van der Waals surface area contributed by atoms with E-state index < -0.39 is 0 Å². The third-order valence-electron chi connectivity index (χ3n) is 3.32. The molecule has 0 saturated carbocycles. The Hall–Kier alpha value is -2.83. The van der Waals surface area contributed by atoms with Gasteiger partial charge in [0, 0.05) is 0 Å². The summed E-state index contributed by atoms with van der Waals surface area (Å²) in [6.45, 7) is 2.46. The number of aromatic amines is 1. The highest BCUT2D eigenvalue weighted by Crippen LogP contribution is 2.26. The number of aromatic nitrogens is 5. The highest BCUT2D eigenvalue weighted by Gasteiger charge is 2.16. The molecule has 3 aromatic rings. The van der Waals surface area contributed by atoms with Crippen molar-refractivity contribution in [1.29, 1.82) is 0 Å². The Morgan fingerprint density at radius 2 is 1.91 bits per heavy atom. The summed E-state index contributed by atoms with van der Waals surface area (Å²) in [5.74, 6) is 2.86. The summed E-state index contributed by atoms with van der Waals surface area (Å²) >= 11 is 0. The van der Waals surface area contributed by atoms with Crippen molar-refractivity contribution in [1.82, 2.24) is 25.0 Å². The van der Waals surface area contributed by atoms with Gasteiger partial charge in [0.2, 0.25) is 0 Å². The number of methoxy groups -OCH3 is 2. The summed E-state index contributed by atoms with van der Waals surface area (Å²) in [5, 5.41) is 11.4. The first-order chi connectivity index (χ1) is 10.7. The summed E-state index contributed by atoms with van der Waals surface area (Å²) in [5.41, 5.74) is 1.82. The Balaban J connectivity index is 1.94. The van der Waals surface area contributed by atoms with Crippen molar-refractivity contribution in [3.05, 3.63) is 41.9 Å². The lowest BCUT2D eigenvalue weighted by molar-refractivity contribution is 0.414. The fourth-order valence-corrected chi connectivity index (χ4v) is 2.24. The van der Waals surface area contributed by atoms with Gasteiger partial charge < -0.3 is 9.47 Å². The van der Waals surface area contributed by atoms with E-state index in [0.29, 0.717) is 23.9 Å². The van der Waals surface area contributed by atoms with Crippen molar-refractivity contribution in [2.75, 3.05) is 14.2 Å². The van der Waals surface area contributed by atoms with Gasteiger partial charge >= 0.3 is 0 Å². The van der Waals surface area contributed by atoms with Gasteiger partial charge in [-0.05, 0) is 24.6 Å². The number of ether oxygens (including phenoxy) is 2. The van der Waals surface area contributed by atoms with Crippen LogP contribution < -0.4 is 9.47 Å². The van der Waals surface area contributed by atoms with Gasteiger partial charge in [0.05, 0.1) is 27.0 Å². The van der Waals surface area contributed by atoms with Crippen LogP contribution in [-0.4, -0.2) is 39.2 Å². The van der Waals surface area contributed by atoms with E-state index in [9.17, 15) is 0 Å². The second-order valence-corrected chi connectivity index (χ2v) is 4.80. The number of aryl methyl sites for hydroxylation is 1. The van der Waals surface area contributed by atoms with Crippen LogP contribution in [0.2, 0.25) is 0 Å². The van der Waals surface area contributed by atoms with Crippen molar-refractivity contribution in [3.63, 3.8) is 0 Å². The first-order valence-electron chi connectivity index (χ1n) is 6.83. The lowest BCUT2D eigenvalue weighted by atomic mass is 10.2. The minimum absolute atomic E-state index is 0.600. The maximum absolute atomic E-state index is 5.29. The maximum atomic E-state index is 5.29. The van der Waals surface area contributed by atoms with Gasteiger partial charge in [0.1, 0.15) is 17.3 Å². The molecule has 0 radical (unpaired) electrons. The number of nitrogens with zero attached hydrogens (tertiary/aromatic N) is 4. The Labute approximate surface area is 127 Å². The maximum Gasteiger partial charge on any atom is 0.180 e. The van der Waals surface area contributed by atoms with Crippen molar-refractivity contribution < 1.29 is 9.47 Å². The van der Waals surface area contributed by atoms with Crippen LogP contribution in [0.5, 0.6) is 11.5 Å². The SMILES string of the molecule is COc1ccc(Cn2nc(C)nc2-c2[nH]ncc2OC)cc1. The predicted molar refractivity (Wildman–Crippen MR) is 81.0 cm³/mol. The molecule has 0 amide bonds. The highest BCUT2D eigenvalue weighted by atomic mass is 16.5. The van der Waals surface area contributed by atoms with Crippen molar-refractivity contribution in [2.24, 2.45) is 0 Å². The molecule has 0 aliphatic carbocycles. The second-order valence-electron chi connectivity index (χ2n) is 4.80. The molecule has 7 nitrogen and oxygen atoms in total. The molecular formula is C15H17N5O2. The van der Waals surface area contributed by atoms with E-state index in [1.54, 1.807) is 20.4 Å². The van der Waals surface area contributed by atoms with Crippen LogP contribution in [-0.2, 0) is 6.54 Å². The van der Waals surface area contributed by atoms with Gasteiger partial charge in [-0.25, -0.2) is 9.67 Å². The molecule has 0 spiro atoms. The molecule has 7 heteroatoms. The molecule has 0 bridgehead atoms. The van der Waals surface area contributed by atoms with Gasteiger partial charge in [-0.3, -0.25) is 5.10 Å². The van der Waals surface area contributed by atoms with E-state index in [1.165, 1.54) is 0 Å². The van der Waals surface area contributed by atoms with E-state index >= 15 is 0 Å². The molecule has 0 fully saturated rings. The zero-order valence-corrected chi connectivity index (χ0v) is 12.7. The molecule has 0 atom stereocenters. The highest BCUT2D eigenvalue weighted by molar-refractivity contribution is 5.58. The van der Waals surface area contributed by atoms with Crippen LogP contribution in [0.25, 0.3) is 11.5 Å². The molecule has 114 valence electrons. The van der Waals surface area contributed by atoms with E-state index in [0.717, 1.165) is 17.0 Å². The standard InChI is InChI=1S/C15H17N5O2/c1-10-17-15(14-13(22-3)8-16-18-14)20(19-10)9-11-4-6-12(21-2)7-5-11/h4-8H,9H2,1-3H3,(H,16,18). The summed E-state index contributed by atoms with van der Waals surface area (Å²) in [6.07, 6.45) is 1.62. The fourth-order valence-electron chi connectivity index (χ4n) is 2.24. The van der Waals surface area contributed by atoms with E-state index in [-0.39, 0.29) is 0 Å². The molecular weight excluding hydrogens is 282 g/mol. The molecule has 0 aliphatic heterocycles. The smallest absolute Gasteiger partial charge is 0.180 e.